The maximum atomic E-state index is 12.3. The Morgan fingerprint density at radius 1 is 1.39 bits per heavy atom. The fraction of sp³-hybridized carbons (Fsp3) is 0.688. The van der Waals surface area contributed by atoms with Crippen LogP contribution in [-0.4, -0.2) is 46.7 Å². The largest absolute Gasteiger partial charge is 0.391 e. The Morgan fingerprint density at radius 2 is 2.04 bits per heavy atom. The topological polar surface area (TPSA) is 78.3 Å². The Morgan fingerprint density at radius 3 is 2.65 bits per heavy atom. The lowest BCUT2D eigenvalue weighted by molar-refractivity contribution is 0.0813. The normalized spacial score (nSPS) is 16.0. The lowest BCUT2D eigenvalue weighted by Crippen LogP contribution is -2.36. The summed E-state index contributed by atoms with van der Waals surface area (Å²) in [6.07, 6.45) is 4.87. The highest BCUT2D eigenvalue weighted by Gasteiger charge is 2.21. The molecule has 1 unspecified atom stereocenters. The molecule has 1 atom stereocenters. The van der Waals surface area contributed by atoms with E-state index in [4.69, 9.17) is 11.6 Å². The summed E-state index contributed by atoms with van der Waals surface area (Å²) in [7, 11) is 0. The Kier molecular flexibility index (Phi) is 6.59. The smallest absolute Gasteiger partial charge is 0.271 e. The second-order valence-electron chi connectivity index (χ2n) is 5.91. The molecule has 6 nitrogen and oxygen atoms in total. The van der Waals surface area contributed by atoms with Gasteiger partial charge in [0.15, 0.2) is 5.69 Å². The number of aliphatic hydroxyl groups excluding tert-OH is 1. The number of hydrogen-bond donors (Lipinski definition) is 2. The van der Waals surface area contributed by atoms with Crippen molar-refractivity contribution in [3.8, 4) is 0 Å². The Labute approximate surface area is 142 Å². The molecule has 0 bridgehead atoms. The van der Waals surface area contributed by atoms with Crippen LogP contribution in [0.3, 0.4) is 0 Å². The number of nitrogens with one attached hydrogen (secondary N) is 1. The zero-order valence-corrected chi connectivity index (χ0v) is 14.5. The van der Waals surface area contributed by atoms with Crippen LogP contribution in [0.4, 0.5) is 5.95 Å². The van der Waals surface area contributed by atoms with E-state index in [1.807, 2.05) is 18.7 Å². The molecule has 2 heterocycles. The number of anilines is 1. The fourth-order valence-corrected chi connectivity index (χ4v) is 3.04. The van der Waals surface area contributed by atoms with Crippen LogP contribution in [0.1, 0.15) is 50.0 Å². The molecule has 1 aliphatic heterocycles. The molecule has 0 aromatic carbocycles. The molecule has 23 heavy (non-hydrogen) atoms. The third-order valence-corrected chi connectivity index (χ3v) is 4.68. The maximum Gasteiger partial charge on any atom is 0.271 e. The van der Waals surface area contributed by atoms with Crippen molar-refractivity contribution < 1.29 is 9.90 Å². The van der Waals surface area contributed by atoms with Gasteiger partial charge in [-0.3, -0.25) is 4.79 Å². The first-order chi connectivity index (χ1) is 11.1. The average molecular weight is 341 g/mol. The van der Waals surface area contributed by atoms with Crippen LogP contribution in [0.15, 0.2) is 6.20 Å². The van der Waals surface area contributed by atoms with Crippen molar-refractivity contribution in [3.05, 3.63) is 16.9 Å². The first-order valence-electron chi connectivity index (χ1n) is 8.30. The average Bonchev–Trinajstić information content (AvgIpc) is 3.08. The van der Waals surface area contributed by atoms with Gasteiger partial charge in [-0.2, -0.15) is 0 Å². The van der Waals surface area contributed by atoms with E-state index in [9.17, 15) is 9.90 Å². The summed E-state index contributed by atoms with van der Waals surface area (Å²) in [5.41, 5.74) is 0.167. The number of carbonyl (C=O) groups excluding carboxylic acids is 1. The van der Waals surface area contributed by atoms with Gasteiger partial charge >= 0.3 is 0 Å². The minimum Gasteiger partial charge on any atom is -0.391 e. The van der Waals surface area contributed by atoms with Crippen LogP contribution in [0, 0.1) is 5.92 Å². The number of aromatic nitrogens is 2. The van der Waals surface area contributed by atoms with Crippen LogP contribution in [0.2, 0.25) is 5.02 Å². The monoisotopic (exact) mass is 340 g/mol. The van der Waals surface area contributed by atoms with Gasteiger partial charge in [-0.25, -0.2) is 9.97 Å². The molecule has 0 radical (unpaired) electrons. The molecule has 1 aromatic rings. The number of rotatable bonds is 7. The van der Waals surface area contributed by atoms with Crippen LogP contribution >= 0.6 is 11.6 Å². The number of hydrogen-bond acceptors (Lipinski definition) is 5. The van der Waals surface area contributed by atoms with Crippen molar-refractivity contribution in [1.29, 1.82) is 0 Å². The van der Waals surface area contributed by atoms with Gasteiger partial charge in [0.2, 0.25) is 5.95 Å². The number of aliphatic hydroxyl groups is 1. The molecule has 0 aliphatic carbocycles. The van der Waals surface area contributed by atoms with Crippen LogP contribution in [-0.2, 0) is 0 Å². The van der Waals surface area contributed by atoms with Crippen molar-refractivity contribution in [2.45, 2.75) is 45.6 Å². The zero-order valence-electron chi connectivity index (χ0n) is 13.8. The van der Waals surface area contributed by atoms with E-state index in [-0.39, 0.29) is 29.1 Å². The predicted octanol–water partition coefficient (Wildman–Crippen LogP) is 2.26. The van der Waals surface area contributed by atoms with Crippen LogP contribution < -0.4 is 10.2 Å². The van der Waals surface area contributed by atoms with Gasteiger partial charge in [0.25, 0.3) is 5.91 Å². The number of nitrogens with zero attached hydrogens (tertiary/aromatic N) is 3. The molecule has 7 heteroatoms. The SMILES string of the molecule is CCC(CC)C(O)CNC(=O)c1nc(N2CCCC2)ncc1Cl. The lowest BCUT2D eigenvalue weighted by Gasteiger charge is -2.20. The summed E-state index contributed by atoms with van der Waals surface area (Å²) >= 11 is 6.06. The lowest BCUT2D eigenvalue weighted by atomic mass is 9.96. The zero-order chi connectivity index (χ0) is 16.8. The summed E-state index contributed by atoms with van der Waals surface area (Å²) in [4.78, 5) is 22.9. The van der Waals surface area contributed by atoms with Crippen molar-refractivity contribution in [2.75, 3.05) is 24.5 Å². The fourth-order valence-electron chi connectivity index (χ4n) is 2.87. The van der Waals surface area contributed by atoms with E-state index < -0.39 is 6.10 Å². The molecule has 1 aromatic heterocycles. The molecule has 2 N–H and O–H groups in total. The van der Waals surface area contributed by atoms with Gasteiger partial charge < -0.3 is 15.3 Å². The highest BCUT2D eigenvalue weighted by molar-refractivity contribution is 6.33. The Hall–Kier alpha value is -1.40. The highest BCUT2D eigenvalue weighted by atomic mass is 35.5. The van der Waals surface area contributed by atoms with Gasteiger partial charge in [0, 0.05) is 19.6 Å². The number of carbonyl (C=O) groups is 1. The molecular weight excluding hydrogens is 316 g/mol. The Bertz CT molecular complexity index is 531. The minimum atomic E-state index is -0.562. The van der Waals surface area contributed by atoms with Crippen LogP contribution in [0.5, 0.6) is 0 Å². The summed E-state index contributed by atoms with van der Waals surface area (Å²) in [6.45, 7) is 6.06. The summed E-state index contributed by atoms with van der Waals surface area (Å²) in [5.74, 6) is 0.344. The molecule has 128 valence electrons. The predicted molar refractivity (Wildman–Crippen MR) is 90.9 cm³/mol. The van der Waals surface area contributed by atoms with Gasteiger partial charge in [-0.15, -0.1) is 0 Å². The van der Waals surface area contributed by atoms with Gasteiger partial charge in [-0.05, 0) is 18.8 Å². The summed E-state index contributed by atoms with van der Waals surface area (Å²) in [5, 5.41) is 13.1. The molecule has 2 rings (SSSR count). The summed E-state index contributed by atoms with van der Waals surface area (Å²) < 4.78 is 0. The van der Waals surface area contributed by atoms with E-state index in [2.05, 4.69) is 15.3 Å². The first-order valence-corrected chi connectivity index (χ1v) is 8.68. The molecule has 0 spiro atoms. The number of amides is 1. The van der Waals surface area contributed by atoms with Crippen molar-refractivity contribution >= 4 is 23.5 Å². The minimum absolute atomic E-state index is 0.167. The molecule has 1 amide bonds. The molecular formula is C16H25ClN4O2. The summed E-state index contributed by atoms with van der Waals surface area (Å²) in [6, 6.07) is 0. The van der Waals surface area contributed by atoms with Crippen molar-refractivity contribution in [1.82, 2.24) is 15.3 Å². The van der Waals surface area contributed by atoms with Gasteiger partial charge in [0.1, 0.15) is 0 Å². The quantitative estimate of drug-likeness (QED) is 0.796. The van der Waals surface area contributed by atoms with E-state index in [0.29, 0.717) is 5.95 Å². The standard InChI is InChI=1S/C16H25ClN4O2/c1-3-11(4-2)13(22)10-18-15(23)14-12(17)9-19-16(20-14)21-7-5-6-8-21/h9,11,13,22H,3-8,10H2,1-2H3,(H,18,23). The van der Waals surface area contributed by atoms with E-state index in [1.165, 1.54) is 6.20 Å². The molecule has 1 saturated heterocycles. The molecule has 0 saturated carbocycles. The van der Waals surface area contributed by atoms with E-state index >= 15 is 0 Å². The number of halogens is 1. The van der Waals surface area contributed by atoms with Gasteiger partial charge in [0.05, 0.1) is 17.3 Å². The van der Waals surface area contributed by atoms with E-state index in [1.54, 1.807) is 0 Å². The third kappa shape index (κ3) is 4.54. The van der Waals surface area contributed by atoms with Crippen LogP contribution in [0.25, 0.3) is 0 Å². The first kappa shape index (κ1) is 17.9. The maximum absolute atomic E-state index is 12.3. The van der Waals surface area contributed by atoms with Gasteiger partial charge in [-0.1, -0.05) is 38.3 Å². The highest BCUT2D eigenvalue weighted by Crippen LogP contribution is 2.20. The second kappa shape index (κ2) is 8.45. The second-order valence-corrected chi connectivity index (χ2v) is 6.32. The molecule has 1 aliphatic rings. The molecule has 1 fully saturated rings. The van der Waals surface area contributed by atoms with E-state index in [0.717, 1.165) is 38.8 Å². The third-order valence-electron chi connectivity index (χ3n) is 4.40. The van der Waals surface area contributed by atoms with Crippen molar-refractivity contribution in [3.63, 3.8) is 0 Å². The van der Waals surface area contributed by atoms with Crippen molar-refractivity contribution in [2.24, 2.45) is 5.92 Å². The Balaban J connectivity index is 2.02.